The topological polar surface area (TPSA) is 76.5 Å². The molecule has 1 fully saturated rings. The Morgan fingerprint density at radius 1 is 1.13 bits per heavy atom. The van der Waals surface area contributed by atoms with E-state index in [1.165, 1.54) is 11.7 Å². The number of aromatic nitrogens is 1. The first kappa shape index (κ1) is 28.0. The van der Waals surface area contributed by atoms with Crippen molar-refractivity contribution in [1.29, 1.82) is 0 Å². The van der Waals surface area contributed by atoms with Crippen LogP contribution >= 0.6 is 0 Å². The molecular formula is C27H32F3N5O2S. The molecule has 1 atom stereocenters. The molecule has 4 rings (SSSR count). The highest BCUT2D eigenvalue weighted by Crippen LogP contribution is 2.31. The lowest BCUT2D eigenvalue weighted by Crippen LogP contribution is -2.36. The fraction of sp³-hybridized carbons (Fsp3) is 0.407. The maximum absolute atomic E-state index is 13.5. The average Bonchev–Trinajstić information content (AvgIpc) is 3.24. The lowest BCUT2D eigenvalue weighted by Gasteiger charge is -2.30. The Kier molecular flexibility index (Phi) is 8.99. The number of alkyl halides is 3. The highest BCUT2D eigenvalue weighted by atomic mass is 32.2. The molecule has 0 bridgehead atoms. The van der Waals surface area contributed by atoms with Gasteiger partial charge in [0.15, 0.2) is 4.90 Å². The number of nitrogens with one attached hydrogen (secondary N) is 3. The standard InChI is InChI=1S/C27H32F3N5O2S/c1-31-38(36)21-9-10-24(26(17-21)37-3)32-13-5-6-20-16-22-23(33-19-11-14-34(2)15-12-19)7-4-8-25(22)35(20)18-27(28,29)30/h4,7-10,16-17,19,31-33H,11-15,18H2,1-3H3. The quantitative estimate of drug-likeness (QED) is 0.286. The normalized spacial score (nSPS) is 15.7. The Morgan fingerprint density at radius 2 is 1.89 bits per heavy atom. The molecule has 7 nitrogen and oxygen atoms in total. The van der Waals surface area contributed by atoms with Crippen molar-refractivity contribution in [2.24, 2.45) is 0 Å². The number of methoxy groups -OCH3 is 1. The first-order valence-corrected chi connectivity index (χ1v) is 13.5. The van der Waals surface area contributed by atoms with Crippen molar-refractivity contribution in [3.63, 3.8) is 0 Å². The number of hydrogen-bond acceptors (Lipinski definition) is 6. The number of anilines is 2. The number of nitrogens with zero attached hydrogens (tertiary/aromatic N) is 2. The van der Waals surface area contributed by atoms with Gasteiger partial charge < -0.3 is 29.4 Å². The Hall–Kier alpha value is -3.04. The summed E-state index contributed by atoms with van der Waals surface area (Å²) in [5, 5.41) is 7.39. The zero-order valence-electron chi connectivity index (χ0n) is 21.6. The van der Waals surface area contributed by atoms with Crippen molar-refractivity contribution >= 4 is 33.6 Å². The molecule has 3 aromatic rings. The van der Waals surface area contributed by atoms with Gasteiger partial charge in [0.25, 0.3) is 0 Å². The van der Waals surface area contributed by atoms with E-state index in [1.54, 1.807) is 43.4 Å². The van der Waals surface area contributed by atoms with Crippen LogP contribution in [0.1, 0.15) is 18.5 Å². The van der Waals surface area contributed by atoms with E-state index in [9.17, 15) is 17.7 Å². The van der Waals surface area contributed by atoms with Crippen molar-refractivity contribution in [2.45, 2.75) is 36.5 Å². The fourth-order valence-electron chi connectivity index (χ4n) is 4.56. The molecule has 1 aliphatic rings. The minimum absolute atomic E-state index is 0.180. The Bertz CT molecular complexity index is 1310. The summed E-state index contributed by atoms with van der Waals surface area (Å²) in [5.41, 5.74) is 2.25. The molecule has 1 unspecified atom stereocenters. The van der Waals surface area contributed by atoms with Gasteiger partial charge in [-0.1, -0.05) is 12.0 Å². The van der Waals surface area contributed by atoms with Gasteiger partial charge in [-0.25, -0.2) is 0 Å². The molecular weight excluding hydrogens is 515 g/mol. The Balaban J connectivity index is 1.57. The van der Waals surface area contributed by atoms with Crippen LogP contribution in [0, 0.1) is 11.8 Å². The maximum atomic E-state index is 13.5. The van der Waals surface area contributed by atoms with Gasteiger partial charge >= 0.3 is 6.18 Å². The summed E-state index contributed by atoms with van der Waals surface area (Å²) in [4.78, 5) is 2.83. The second-order valence-electron chi connectivity index (χ2n) is 9.18. The molecule has 11 heteroatoms. The smallest absolute Gasteiger partial charge is 0.406 e. The summed E-state index contributed by atoms with van der Waals surface area (Å²) in [6, 6.07) is 12.5. The number of rotatable bonds is 8. The van der Waals surface area contributed by atoms with Crippen molar-refractivity contribution in [3.8, 4) is 17.6 Å². The van der Waals surface area contributed by atoms with Crippen LogP contribution in [0.2, 0.25) is 0 Å². The van der Waals surface area contributed by atoms with Crippen molar-refractivity contribution in [3.05, 3.63) is 48.2 Å². The number of halogens is 3. The van der Waals surface area contributed by atoms with Crippen LogP contribution in [0.3, 0.4) is 0 Å². The first-order valence-electron chi connectivity index (χ1n) is 12.3. The minimum atomic E-state index is -4.39. The molecule has 2 heterocycles. The molecule has 0 saturated carbocycles. The zero-order valence-corrected chi connectivity index (χ0v) is 22.4. The third-order valence-electron chi connectivity index (χ3n) is 6.52. The fourth-order valence-corrected chi connectivity index (χ4v) is 5.20. The van der Waals surface area contributed by atoms with Crippen LogP contribution in [-0.2, 0) is 17.9 Å². The van der Waals surface area contributed by atoms with Crippen LogP contribution < -0.4 is 20.1 Å². The number of hydrogen-bond donors (Lipinski definition) is 3. The van der Waals surface area contributed by atoms with Crippen LogP contribution in [0.25, 0.3) is 10.9 Å². The molecule has 1 aromatic heterocycles. The highest BCUT2D eigenvalue weighted by Gasteiger charge is 2.30. The summed E-state index contributed by atoms with van der Waals surface area (Å²) in [6.45, 7) is 1.02. The van der Waals surface area contributed by atoms with E-state index < -0.39 is 24.1 Å². The second kappa shape index (κ2) is 12.2. The number of benzene rings is 2. The second-order valence-corrected chi connectivity index (χ2v) is 10.6. The summed E-state index contributed by atoms with van der Waals surface area (Å²) >= 11 is -1.36. The van der Waals surface area contributed by atoms with E-state index in [0.29, 0.717) is 27.5 Å². The number of ether oxygens (including phenoxy) is 1. The van der Waals surface area contributed by atoms with E-state index in [0.717, 1.165) is 37.0 Å². The Morgan fingerprint density at radius 3 is 2.58 bits per heavy atom. The van der Waals surface area contributed by atoms with Crippen LogP contribution in [0.4, 0.5) is 24.5 Å². The van der Waals surface area contributed by atoms with Gasteiger partial charge in [0, 0.05) is 30.2 Å². The third kappa shape index (κ3) is 6.88. The average molecular weight is 548 g/mol. The highest BCUT2D eigenvalue weighted by molar-refractivity contribution is 7.89. The van der Waals surface area contributed by atoms with Gasteiger partial charge in [-0.3, -0.25) is 0 Å². The molecule has 204 valence electrons. The number of fused-ring (bicyclic) bond motifs is 1. The zero-order chi connectivity index (χ0) is 27.3. The van der Waals surface area contributed by atoms with Gasteiger partial charge in [0.2, 0.25) is 0 Å². The summed E-state index contributed by atoms with van der Waals surface area (Å²) in [5.74, 6) is 6.35. The van der Waals surface area contributed by atoms with Crippen molar-refractivity contribution in [1.82, 2.24) is 14.2 Å². The predicted octanol–water partition coefficient (Wildman–Crippen LogP) is 4.42. The van der Waals surface area contributed by atoms with E-state index >= 15 is 0 Å². The van der Waals surface area contributed by atoms with E-state index in [4.69, 9.17) is 4.74 Å². The summed E-state index contributed by atoms with van der Waals surface area (Å²) < 4.78 is 61.8. The Labute approximate surface area is 224 Å². The molecule has 38 heavy (non-hydrogen) atoms. The largest absolute Gasteiger partial charge is 0.593 e. The molecule has 3 N–H and O–H groups in total. The van der Waals surface area contributed by atoms with Crippen molar-refractivity contribution in [2.75, 3.05) is 51.5 Å². The maximum Gasteiger partial charge on any atom is 0.406 e. The van der Waals surface area contributed by atoms with Crippen LogP contribution in [0.15, 0.2) is 47.4 Å². The first-order chi connectivity index (χ1) is 18.2. The van der Waals surface area contributed by atoms with Gasteiger partial charge in [0.05, 0.1) is 41.9 Å². The van der Waals surface area contributed by atoms with Gasteiger partial charge in [0.1, 0.15) is 12.3 Å². The lowest BCUT2D eigenvalue weighted by molar-refractivity contribution is -0.140. The monoisotopic (exact) mass is 547 g/mol. The van der Waals surface area contributed by atoms with Crippen LogP contribution in [-0.4, -0.2) is 67.1 Å². The molecule has 0 aliphatic carbocycles. The van der Waals surface area contributed by atoms with Gasteiger partial charge in [-0.05, 0) is 69.2 Å². The van der Waals surface area contributed by atoms with Crippen LogP contribution in [0.5, 0.6) is 5.75 Å². The number of likely N-dealkylation sites (tertiary alicyclic amines) is 1. The molecule has 0 amide bonds. The molecule has 0 radical (unpaired) electrons. The van der Waals surface area contributed by atoms with E-state index in [2.05, 4.69) is 39.1 Å². The molecule has 0 spiro atoms. The number of piperidine rings is 1. The minimum Gasteiger partial charge on any atom is -0.593 e. The van der Waals surface area contributed by atoms with E-state index in [1.807, 2.05) is 6.07 Å². The molecule has 1 aliphatic heterocycles. The van der Waals surface area contributed by atoms with Gasteiger partial charge in [-0.15, -0.1) is 4.72 Å². The molecule has 2 aromatic carbocycles. The SMILES string of the molecule is CN[S+]([O-])c1ccc(NCC#Cc2cc3c(NC4CCN(C)CC4)cccc3n2CC(F)(F)F)c(OC)c1. The van der Waals surface area contributed by atoms with Gasteiger partial charge in [-0.2, -0.15) is 13.2 Å². The predicted molar refractivity (Wildman–Crippen MR) is 146 cm³/mol. The molecule has 1 saturated heterocycles. The van der Waals surface area contributed by atoms with E-state index in [-0.39, 0.29) is 12.6 Å². The van der Waals surface area contributed by atoms with Crippen molar-refractivity contribution < 1.29 is 22.5 Å². The lowest BCUT2D eigenvalue weighted by atomic mass is 10.0. The summed E-state index contributed by atoms with van der Waals surface area (Å²) in [7, 11) is 5.19. The third-order valence-corrected chi connectivity index (χ3v) is 7.57. The summed E-state index contributed by atoms with van der Waals surface area (Å²) in [6.07, 6.45) is -2.44.